The van der Waals surface area contributed by atoms with E-state index in [1.807, 2.05) is 19.1 Å². The van der Waals surface area contributed by atoms with E-state index in [1.165, 1.54) is 19.3 Å². The molecule has 112 valence electrons. The van der Waals surface area contributed by atoms with Crippen LogP contribution >= 0.6 is 15.9 Å². The van der Waals surface area contributed by atoms with E-state index >= 15 is 0 Å². The van der Waals surface area contributed by atoms with Crippen LogP contribution in [0.4, 0.5) is 0 Å². The first-order chi connectivity index (χ1) is 9.40. The molecule has 0 radical (unpaired) electrons. The first kappa shape index (κ1) is 16.0. The molecule has 0 aliphatic heterocycles. The minimum Gasteiger partial charge on any atom is -0.211 e. The van der Waals surface area contributed by atoms with Crippen molar-refractivity contribution in [2.75, 3.05) is 6.54 Å². The van der Waals surface area contributed by atoms with Crippen LogP contribution in [-0.2, 0) is 10.0 Å². The fourth-order valence-corrected chi connectivity index (χ4v) is 4.73. The summed E-state index contributed by atoms with van der Waals surface area (Å²) >= 11 is 3.33. The number of hydrogen-bond donors (Lipinski definition) is 1. The van der Waals surface area contributed by atoms with Gasteiger partial charge in [-0.2, -0.15) is 0 Å². The standard InChI is InChI=1S/C15H22BrNO2S/c1-11-5-3-4-6-13(11)10-17-20(18,19)15-9-14(16)8-7-12(15)2/h7-9,11,13,17H,3-6,10H2,1-2H3. The third-order valence-corrected chi connectivity index (χ3v) is 6.32. The average molecular weight is 360 g/mol. The van der Waals surface area contributed by atoms with Gasteiger partial charge in [0.2, 0.25) is 10.0 Å². The molecule has 20 heavy (non-hydrogen) atoms. The summed E-state index contributed by atoms with van der Waals surface area (Å²) in [5.74, 6) is 1.07. The Kier molecular flexibility index (Phi) is 5.26. The molecule has 1 saturated carbocycles. The lowest BCUT2D eigenvalue weighted by Crippen LogP contribution is -2.33. The third-order valence-electron chi connectivity index (χ3n) is 4.26. The van der Waals surface area contributed by atoms with Crippen LogP contribution in [0.2, 0.25) is 0 Å². The van der Waals surface area contributed by atoms with Crippen molar-refractivity contribution >= 4 is 26.0 Å². The SMILES string of the molecule is Cc1ccc(Br)cc1S(=O)(=O)NCC1CCCCC1C. The number of benzene rings is 1. The minimum atomic E-state index is -3.42. The zero-order chi connectivity index (χ0) is 14.8. The molecular weight excluding hydrogens is 338 g/mol. The quantitative estimate of drug-likeness (QED) is 0.886. The van der Waals surface area contributed by atoms with Crippen LogP contribution in [0.5, 0.6) is 0 Å². The normalized spacial score (nSPS) is 23.8. The maximum atomic E-state index is 12.4. The van der Waals surface area contributed by atoms with Crippen molar-refractivity contribution < 1.29 is 8.42 Å². The van der Waals surface area contributed by atoms with Gasteiger partial charge < -0.3 is 0 Å². The summed E-state index contributed by atoms with van der Waals surface area (Å²) in [6.07, 6.45) is 4.82. The van der Waals surface area contributed by atoms with Crippen LogP contribution < -0.4 is 4.72 Å². The Labute approximate surface area is 130 Å². The monoisotopic (exact) mass is 359 g/mol. The molecule has 1 aromatic carbocycles. The van der Waals surface area contributed by atoms with Gasteiger partial charge in [-0.15, -0.1) is 0 Å². The van der Waals surface area contributed by atoms with Crippen LogP contribution in [0.25, 0.3) is 0 Å². The number of aryl methyl sites for hydroxylation is 1. The Morgan fingerprint density at radius 1 is 1.30 bits per heavy atom. The van der Waals surface area contributed by atoms with Crippen molar-refractivity contribution in [1.82, 2.24) is 4.72 Å². The van der Waals surface area contributed by atoms with Gasteiger partial charge >= 0.3 is 0 Å². The minimum absolute atomic E-state index is 0.371. The molecule has 1 fully saturated rings. The highest BCUT2D eigenvalue weighted by Gasteiger charge is 2.24. The van der Waals surface area contributed by atoms with E-state index in [4.69, 9.17) is 0 Å². The summed E-state index contributed by atoms with van der Waals surface area (Å²) in [6.45, 7) is 4.60. The second kappa shape index (κ2) is 6.58. The molecule has 2 rings (SSSR count). The van der Waals surface area contributed by atoms with Gasteiger partial charge in [0.1, 0.15) is 0 Å². The van der Waals surface area contributed by atoms with Crippen LogP contribution in [0.15, 0.2) is 27.6 Å². The molecule has 0 amide bonds. The first-order valence-corrected chi connectivity index (χ1v) is 9.43. The van der Waals surface area contributed by atoms with E-state index in [0.717, 1.165) is 16.5 Å². The summed E-state index contributed by atoms with van der Waals surface area (Å²) in [5.41, 5.74) is 0.775. The smallest absolute Gasteiger partial charge is 0.211 e. The van der Waals surface area contributed by atoms with Gasteiger partial charge in [0.05, 0.1) is 4.90 Å². The number of rotatable bonds is 4. The van der Waals surface area contributed by atoms with Crippen molar-refractivity contribution in [2.45, 2.75) is 44.4 Å². The molecule has 0 heterocycles. The summed E-state index contributed by atoms with van der Waals surface area (Å²) < 4.78 is 28.4. The topological polar surface area (TPSA) is 46.2 Å². The highest BCUT2D eigenvalue weighted by atomic mass is 79.9. The predicted octanol–water partition coefficient (Wildman–Crippen LogP) is 3.86. The van der Waals surface area contributed by atoms with E-state index in [9.17, 15) is 8.42 Å². The maximum Gasteiger partial charge on any atom is 0.240 e. The molecule has 5 heteroatoms. The largest absolute Gasteiger partial charge is 0.240 e. The van der Waals surface area contributed by atoms with E-state index in [1.54, 1.807) is 6.07 Å². The van der Waals surface area contributed by atoms with Gasteiger partial charge in [0, 0.05) is 11.0 Å². The average Bonchev–Trinajstić information content (AvgIpc) is 2.40. The molecule has 0 aromatic heterocycles. The Morgan fingerprint density at radius 3 is 2.70 bits per heavy atom. The highest BCUT2D eigenvalue weighted by Crippen LogP contribution is 2.29. The van der Waals surface area contributed by atoms with E-state index < -0.39 is 10.0 Å². The summed E-state index contributed by atoms with van der Waals surface area (Å²) in [7, 11) is -3.42. The lowest BCUT2D eigenvalue weighted by atomic mass is 9.81. The van der Waals surface area contributed by atoms with Crippen LogP contribution in [0, 0.1) is 18.8 Å². The Hall–Kier alpha value is -0.390. The van der Waals surface area contributed by atoms with Crippen LogP contribution in [0.1, 0.15) is 38.2 Å². The molecule has 2 unspecified atom stereocenters. The number of halogens is 1. The summed E-state index contributed by atoms with van der Waals surface area (Å²) in [4.78, 5) is 0.371. The molecule has 2 atom stereocenters. The number of sulfonamides is 1. The van der Waals surface area contributed by atoms with Crippen molar-refractivity contribution in [3.63, 3.8) is 0 Å². The second-order valence-electron chi connectivity index (χ2n) is 5.78. The van der Waals surface area contributed by atoms with Crippen molar-refractivity contribution in [3.05, 3.63) is 28.2 Å². The number of hydrogen-bond acceptors (Lipinski definition) is 2. The molecule has 0 bridgehead atoms. The maximum absolute atomic E-state index is 12.4. The van der Waals surface area contributed by atoms with Crippen LogP contribution in [0.3, 0.4) is 0 Å². The van der Waals surface area contributed by atoms with Gasteiger partial charge in [0.15, 0.2) is 0 Å². The lowest BCUT2D eigenvalue weighted by Gasteiger charge is -2.28. The van der Waals surface area contributed by atoms with E-state index in [-0.39, 0.29) is 0 Å². The molecule has 1 N–H and O–H groups in total. The summed E-state index contributed by atoms with van der Waals surface area (Å²) in [6, 6.07) is 5.35. The molecule has 3 nitrogen and oxygen atoms in total. The Bertz CT molecular complexity index is 571. The van der Waals surface area contributed by atoms with Gasteiger partial charge in [-0.05, 0) is 42.9 Å². The van der Waals surface area contributed by atoms with Gasteiger partial charge in [0.25, 0.3) is 0 Å². The van der Waals surface area contributed by atoms with Crippen LogP contribution in [-0.4, -0.2) is 15.0 Å². The Morgan fingerprint density at radius 2 is 2.00 bits per heavy atom. The van der Waals surface area contributed by atoms with Gasteiger partial charge in [-0.3, -0.25) is 0 Å². The fraction of sp³-hybridized carbons (Fsp3) is 0.600. The lowest BCUT2D eigenvalue weighted by molar-refractivity contribution is 0.257. The molecule has 0 spiro atoms. The Balaban J connectivity index is 2.09. The van der Waals surface area contributed by atoms with Crippen molar-refractivity contribution in [1.29, 1.82) is 0 Å². The van der Waals surface area contributed by atoms with E-state index in [0.29, 0.717) is 23.3 Å². The molecule has 1 aliphatic rings. The predicted molar refractivity (Wildman–Crippen MR) is 85.2 cm³/mol. The zero-order valence-electron chi connectivity index (χ0n) is 12.0. The molecule has 0 saturated heterocycles. The number of nitrogens with one attached hydrogen (secondary N) is 1. The highest BCUT2D eigenvalue weighted by molar-refractivity contribution is 9.10. The van der Waals surface area contributed by atoms with Gasteiger partial charge in [-0.25, -0.2) is 13.1 Å². The van der Waals surface area contributed by atoms with Crippen molar-refractivity contribution in [2.24, 2.45) is 11.8 Å². The fourth-order valence-electron chi connectivity index (χ4n) is 2.85. The summed E-state index contributed by atoms with van der Waals surface area (Å²) in [5, 5.41) is 0. The third kappa shape index (κ3) is 3.83. The van der Waals surface area contributed by atoms with Gasteiger partial charge in [-0.1, -0.05) is 48.2 Å². The molecule has 1 aliphatic carbocycles. The van der Waals surface area contributed by atoms with Crippen molar-refractivity contribution in [3.8, 4) is 0 Å². The second-order valence-corrected chi connectivity index (χ2v) is 8.43. The van der Waals surface area contributed by atoms with E-state index in [2.05, 4.69) is 27.6 Å². The first-order valence-electron chi connectivity index (χ1n) is 7.16. The molecular formula is C15H22BrNO2S. The zero-order valence-corrected chi connectivity index (χ0v) is 14.4. The molecule has 1 aromatic rings.